The molecule has 1 amide bonds. The van der Waals surface area contributed by atoms with Crippen LogP contribution in [-0.4, -0.2) is 30.8 Å². The average molecular weight is 289 g/mol. The van der Waals surface area contributed by atoms with Crippen molar-refractivity contribution >= 4 is 5.91 Å². The van der Waals surface area contributed by atoms with Crippen LogP contribution in [0.25, 0.3) is 0 Å². The quantitative estimate of drug-likeness (QED) is 0.758. The van der Waals surface area contributed by atoms with E-state index in [0.717, 1.165) is 12.8 Å². The van der Waals surface area contributed by atoms with Crippen molar-refractivity contribution in [2.75, 3.05) is 19.8 Å². The maximum atomic E-state index is 12.1. The summed E-state index contributed by atoms with van der Waals surface area (Å²) in [4.78, 5) is 12.1. The monoisotopic (exact) mass is 289 g/mol. The van der Waals surface area contributed by atoms with Crippen molar-refractivity contribution in [1.29, 1.82) is 0 Å². The van der Waals surface area contributed by atoms with E-state index in [1.54, 1.807) is 12.1 Å². The number of aliphatic hydroxyl groups excluding tert-OH is 1. The van der Waals surface area contributed by atoms with Gasteiger partial charge in [0.2, 0.25) is 0 Å². The number of hydrogen-bond acceptors (Lipinski definition) is 3. The predicted molar refractivity (Wildman–Crippen MR) is 82.5 cm³/mol. The molecule has 0 bridgehead atoms. The van der Waals surface area contributed by atoms with Crippen molar-refractivity contribution in [1.82, 2.24) is 5.32 Å². The number of nitrogens with one attached hydrogen (secondary N) is 1. The number of allylic oxidation sites excluding steroid dienone is 1. The van der Waals surface area contributed by atoms with Gasteiger partial charge in [-0.05, 0) is 51.0 Å². The summed E-state index contributed by atoms with van der Waals surface area (Å²) >= 11 is 0. The van der Waals surface area contributed by atoms with Crippen LogP contribution in [0.5, 0.6) is 5.75 Å². The van der Waals surface area contributed by atoms with Crippen LogP contribution in [0.15, 0.2) is 35.9 Å². The molecule has 114 valence electrons. The highest BCUT2D eigenvalue weighted by Gasteiger charge is 2.42. The molecule has 4 heteroatoms. The number of aliphatic hydroxyl groups is 1. The Kier molecular flexibility index (Phi) is 5.02. The van der Waals surface area contributed by atoms with Crippen LogP contribution < -0.4 is 10.1 Å². The number of benzene rings is 1. The van der Waals surface area contributed by atoms with Gasteiger partial charge in [-0.15, -0.1) is 0 Å². The van der Waals surface area contributed by atoms with Crippen molar-refractivity contribution in [2.24, 2.45) is 5.41 Å². The summed E-state index contributed by atoms with van der Waals surface area (Å²) in [5.74, 6) is 0.561. The minimum Gasteiger partial charge on any atom is -0.490 e. The third-order valence-corrected chi connectivity index (χ3v) is 3.75. The lowest BCUT2D eigenvalue weighted by Crippen LogP contribution is -2.31. The Morgan fingerprint density at radius 1 is 1.43 bits per heavy atom. The molecule has 0 aromatic heterocycles. The number of carbonyl (C=O) groups excluding carboxylic acids is 1. The van der Waals surface area contributed by atoms with E-state index in [-0.39, 0.29) is 17.9 Å². The minimum atomic E-state index is -0.123. The van der Waals surface area contributed by atoms with Crippen molar-refractivity contribution in [3.8, 4) is 5.75 Å². The number of ether oxygens (including phenoxy) is 1. The zero-order valence-corrected chi connectivity index (χ0v) is 12.7. The van der Waals surface area contributed by atoms with Crippen LogP contribution in [-0.2, 0) is 0 Å². The van der Waals surface area contributed by atoms with E-state index in [1.807, 2.05) is 32.1 Å². The molecule has 0 spiro atoms. The van der Waals surface area contributed by atoms with Crippen molar-refractivity contribution < 1.29 is 14.6 Å². The van der Waals surface area contributed by atoms with Gasteiger partial charge in [-0.2, -0.15) is 0 Å². The highest BCUT2D eigenvalue weighted by molar-refractivity contribution is 5.94. The Hall–Kier alpha value is -1.81. The van der Waals surface area contributed by atoms with Gasteiger partial charge in [-0.1, -0.05) is 11.6 Å². The van der Waals surface area contributed by atoms with Gasteiger partial charge in [0.1, 0.15) is 12.4 Å². The summed E-state index contributed by atoms with van der Waals surface area (Å²) < 4.78 is 5.59. The lowest BCUT2D eigenvalue weighted by Gasteiger charge is -2.13. The maximum absolute atomic E-state index is 12.1. The Morgan fingerprint density at radius 2 is 2.19 bits per heavy atom. The van der Waals surface area contributed by atoms with Gasteiger partial charge in [0.25, 0.3) is 5.91 Å². The molecule has 1 aliphatic rings. The molecule has 1 saturated carbocycles. The van der Waals surface area contributed by atoms with E-state index < -0.39 is 0 Å². The lowest BCUT2D eigenvalue weighted by atomic mass is 10.1. The van der Waals surface area contributed by atoms with Gasteiger partial charge in [0.15, 0.2) is 0 Å². The summed E-state index contributed by atoms with van der Waals surface area (Å²) in [6.45, 7) is 5.20. The molecule has 1 aliphatic carbocycles. The van der Waals surface area contributed by atoms with Gasteiger partial charge >= 0.3 is 0 Å². The zero-order valence-electron chi connectivity index (χ0n) is 12.7. The first-order chi connectivity index (χ1) is 10.0. The van der Waals surface area contributed by atoms with E-state index in [2.05, 4.69) is 5.32 Å². The first-order valence-electron chi connectivity index (χ1n) is 7.30. The molecule has 0 atom stereocenters. The highest BCUT2D eigenvalue weighted by atomic mass is 16.5. The second-order valence-electron chi connectivity index (χ2n) is 5.96. The predicted octanol–water partition coefficient (Wildman–Crippen LogP) is 2.53. The van der Waals surface area contributed by atoms with Crippen molar-refractivity contribution in [3.05, 3.63) is 41.5 Å². The normalized spacial score (nSPS) is 15.2. The second-order valence-corrected chi connectivity index (χ2v) is 5.96. The summed E-state index contributed by atoms with van der Waals surface area (Å²) in [5.41, 5.74) is 1.70. The number of carbonyl (C=O) groups is 1. The summed E-state index contributed by atoms with van der Waals surface area (Å²) in [6, 6.07) is 7.16. The smallest absolute Gasteiger partial charge is 0.251 e. The molecular weight excluding hydrogens is 266 g/mol. The summed E-state index contributed by atoms with van der Waals surface area (Å²) in [7, 11) is 0. The van der Waals surface area contributed by atoms with Crippen molar-refractivity contribution in [3.63, 3.8) is 0 Å². The first kappa shape index (κ1) is 15.6. The molecular formula is C17H23NO3. The van der Waals surface area contributed by atoms with Crippen LogP contribution in [0.3, 0.4) is 0 Å². The Bertz CT molecular complexity index is 529. The van der Waals surface area contributed by atoms with Crippen LogP contribution in [0.4, 0.5) is 0 Å². The van der Waals surface area contributed by atoms with Gasteiger partial charge in [-0.3, -0.25) is 4.79 Å². The Balaban J connectivity index is 1.90. The largest absolute Gasteiger partial charge is 0.490 e. The van der Waals surface area contributed by atoms with E-state index in [4.69, 9.17) is 4.74 Å². The third kappa shape index (κ3) is 4.60. The van der Waals surface area contributed by atoms with E-state index in [1.165, 1.54) is 5.57 Å². The highest BCUT2D eigenvalue weighted by Crippen LogP contribution is 2.44. The van der Waals surface area contributed by atoms with E-state index in [9.17, 15) is 9.90 Å². The zero-order chi connectivity index (χ0) is 15.3. The van der Waals surface area contributed by atoms with Gasteiger partial charge in [0, 0.05) is 17.5 Å². The van der Waals surface area contributed by atoms with Crippen molar-refractivity contribution in [2.45, 2.75) is 26.7 Å². The summed E-state index contributed by atoms with van der Waals surface area (Å²) in [5, 5.41) is 12.1. The molecule has 4 nitrogen and oxygen atoms in total. The Labute approximate surface area is 125 Å². The number of rotatable bonds is 7. The third-order valence-electron chi connectivity index (χ3n) is 3.75. The SMILES string of the molecule is CC(C)=CCOc1cccc(C(=O)NCC2(CO)CC2)c1. The van der Waals surface area contributed by atoms with Gasteiger partial charge in [-0.25, -0.2) is 0 Å². The molecule has 0 aliphatic heterocycles. The molecule has 21 heavy (non-hydrogen) atoms. The maximum Gasteiger partial charge on any atom is 0.251 e. The number of amides is 1. The van der Waals surface area contributed by atoms with Crippen LogP contribution in [0.2, 0.25) is 0 Å². The molecule has 1 fully saturated rings. The minimum absolute atomic E-state index is 0.0762. The molecule has 0 heterocycles. The molecule has 2 rings (SSSR count). The molecule has 0 unspecified atom stereocenters. The molecule has 2 N–H and O–H groups in total. The first-order valence-corrected chi connectivity index (χ1v) is 7.30. The fraction of sp³-hybridized carbons (Fsp3) is 0.471. The Morgan fingerprint density at radius 3 is 2.81 bits per heavy atom. The van der Waals surface area contributed by atoms with Gasteiger partial charge < -0.3 is 15.2 Å². The molecule has 0 radical (unpaired) electrons. The second kappa shape index (κ2) is 6.76. The average Bonchev–Trinajstić information content (AvgIpc) is 3.25. The van der Waals surface area contributed by atoms with Gasteiger partial charge in [0.05, 0.1) is 6.61 Å². The standard InChI is InChI=1S/C17H23NO3/c1-13(2)6-9-21-15-5-3-4-14(10-15)16(20)18-11-17(12-19)7-8-17/h3-6,10,19H,7-9,11-12H2,1-2H3,(H,18,20). The topological polar surface area (TPSA) is 58.6 Å². The van der Waals surface area contributed by atoms with Crippen LogP contribution in [0.1, 0.15) is 37.0 Å². The molecule has 1 aromatic carbocycles. The van der Waals surface area contributed by atoms with Crippen LogP contribution >= 0.6 is 0 Å². The molecule has 1 aromatic rings. The summed E-state index contributed by atoms with van der Waals surface area (Å²) in [6.07, 6.45) is 3.95. The fourth-order valence-corrected chi connectivity index (χ4v) is 1.97. The molecule has 0 saturated heterocycles. The van der Waals surface area contributed by atoms with E-state index >= 15 is 0 Å². The number of hydrogen-bond donors (Lipinski definition) is 2. The van der Waals surface area contributed by atoms with E-state index in [0.29, 0.717) is 24.5 Å². The lowest BCUT2D eigenvalue weighted by molar-refractivity contribution is 0.0935. The van der Waals surface area contributed by atoms with Crippen LogP contribution in [0, 0.1) is 5.41 Å². The fourth-order valence-electron chi connectivity index (χ4n) is 1.97.